The Labute approximate surface area is 85.9 Å². The van der Waals surface area contributed by atoms with E-state index in [1.165, 1.54) is 13.3 Å². The average molecular weight is 206 g/mol. The Morgan fingerprint density at radius 2 is 2.33 bits per heavy atom. The first-order valence-electron chi connectivity index (χ1n) is 4.35. The summed E-state index contributed by atoms with van der Waals surface area (Å²) in [6.45, 7) is 3.10. The Hall–Kier alpha value is -2.05. The molecular formula is C8H10N6O. The third-order valence-electron chi connectivity index (χ3n) is 2.02. The molecule has 15 heavy (non-hydrogen) atoms. The highest BCUT2D eigenvalue weighted by molar-refractivity contribution is 6.51. The number of carbonyl (C=O) groups excluding carboxylic acids is 1. The van der Waals surface area contributed by atoms with Gasteiger partial charge in [-0.05, 0) is 6.92 Å². The third kappa shape index (κ3) is 1.51. The molecule has 0 aliphatic carbocycles. The number of nitrogens with one attached hydrogen (secondary N) is 1. The zero-order valence-electron chi connectivity index (χ0n) is 8.35. The molecule has 0 aromatic carbocycles. The molecule has 0 radical (unpaired) electrons. The Morgan fingerprint density at radius 3 is 3.00 bits per heavy atom. The summed E-state index contributed by atoms with van der Waals surface area (Å²) in [5.74, 6) is 0.267. The lowest BCUT2D eigenvalue weighted by molar-refractivity contribution is -0.119. The van der Waals surface area contributed by atoms with Crippen LogP contribution in [0.15, 0.2) is 20.0 Å². The van der Waals surface area contributed by atoms with Crippen LogP contribution in [0.3, 0.4) is 0 Å². The summed E-state index contributed by atoms with van der Waals surface area (Å²) in [6, 6.07) is 0. The van der Waals surface area contributed by atoms with Gasteiger partial charge in [-0.15, -0.1) is 0 Å². The van der Waals surface area contributed by atoms with Crippen LogP contribution in [0.25, 0.3) is 0 Å². The van der Waals surface area contributed by atoms with Crippen LogP contribution in [0, 0.1) is 0 Å². The molecule has 0 saturated carbocycles. The van der Waals surface area contributed by atoms with Crippen molar-refractivity contribution in [3.63, 3.8) is 0 Å². The van der Waals surface area contributed by atoms with Crippen molar-refractivity contribution in [1.82, 2.24) is 5.32 Å². The third-order valence-corrected chi connectivity index (χ3v) is 2.02. The maximum Gasteiger partial charge on any atom is 0.220 e. The van der Waals surface area contributed by atoms with Gasteiger partial charge in [-0.3, -0.25) is 4.79 Å². The van der Waals surface area contributed by atoms with Crippen molar-refractivity contribution in [2.45, 2.75) is 19.5 Å². The van der Waals surface area contributed by atoms with Crippen molar-refractivity contribution in [3.05, 3.63) is 0 Å². The summed E-state index contributed by atoms with van der Waals surface area (Å²) in [5.41, 5.74) is 5.06. The van der Waals surface area contributed by atoms with Crippen molar-refractivity contribution >= 4 is 29.8 Å². The van der Waals surface area contributed by atoms with Crippen molar-refractivity contribution in [3.8, 4) is 0 Å². The van der Waals surface area contributed by atoms with Gasteiger partial charge in [0.15, 0.2) is 11.5 Å². The van der Waals surface area contributed by atoms with Gasteiger partial charge < -0.3 is 11.1 Å². The van der Waals surface area contributed by atoms with E-state index in [0.29, 0.717) is 11.5 Å². The molecule has 0 aromatic rings. The highest BCUT2D eigenvalue weighted by Gasteiger charge is 2.39. The number of guanidine groups is 1. The fourth-order valence-corrected chi connectivity index (χ4v) is 1.53. The van der Waals surface area contributed by atoms with Gasteiger partial charge in [0.25, 0.3) is 0 Å². The zero-order valence-corrected chi connectivity index (χ0v) is 8.35. The van der Waals surface area contributed by atoms with Crippen molar-refractivity contribution in [1.29, 1.82) is 0 Å². The Morgan fingerprint density at radius 1 is 1.60 bits per heavy atom. The lowest BCUT2D eigenvalue weighted by Crippen LogP contribution is -2.54. The minimum atomic E-state index is -0.969. The molecule has 2 heterocycles. The highest BCUT2D eigenvalue weighted by Crippen LogP contribution is 2.17. The van der Waals surface area contributed by atoms with Gasteiger partial charge >= 0.3 is 0 Å². The van der Waals surface area contributed by atoms with Gasteiger partial charge in [0.05, 0.1) is 0 Å². The number of fused-ring (bicyclic) bond motifs is 1. The van der Waals surface area contributed by atoms with Crippen LogP contribution in [0.5, 0.6) is 0 Å². The summed E-state index contributed by atoms with van der Waals surface area (Å²) in [5, 5.41) is 2.66. The molecule has 1 atom stereocenters. The molecule has 2 aliphatic rings. The number of nitrogens with zero attached hydrogens (tertiary/aromatic N) is 4. The minimum Gasteiger partial charge on any atom is -0.368 e. The van der Waals surface area contributed by atoms with Crippen LogP contribution < -0.4 is 11.1 Å². The van der Waals surface area contributed by atoms with Gasteiger partial charge in [0, 0.05) is 6.92 Å². The number of hydrogen-bond donors (Lipinski definition) is 2. The molecule has 7 nitrogen and oxygen atoms in total. The maximum absolute atomic E-state index is 11.1. The Bertz CT molecular complexity index is 446. The zero-order chi connectivity index (χ0) is 11.1. The number of carbonyl (C=O) groups is 1. The first-order chi connectivity index (χ1) is 7.01. The van der Waals surface area contributed by atoms with Crippen LogP contribution in [-0.4, -0.2) is 35.4 Å². The SMILES string of the molecule is CC(=O)NC1(C)N=C(N)N=C2N=CN=C21. The van der Waals surface area contributed by atoms with E-state index in [9.17, 15) is 4.79 Å². The highest BCUT2D eigenvalue weighted by atomic mass is 16.1. The van der Waals surface area contributed by atoms with E-state index in [1.807, 2.05) is 0 Å². The average Bonchev–Trinajstić information content (AvgIpc) is 2.49. The van der Waals surface area contributed by atoms with E-state index < -0.39 is 5.66 Å². The van der Waals surface area contributed by atoms with E-state index >= 15 is 0 Å². The normalized spacial score (nSPS) is 27.7. The molecule has 1 unspecified atom stereocenters. The van der Waals surface area contributed by atoms with Crippen molar-refractivity contribution < 1.29 is 4.79 Å². The van der Waals surface area contributed by atoms with E-state index in [1.54, 1.807) is 6.92 Å². The summed E-state index contributed by atoms with van der Waals surface area (Å²) >= 11 is 0. The van der Waals surface area contributed by atoms with E-state index in [0.717, 1.165) is 0 Å². The minimum absolute atomic E-state index is 0.0826. The smallest absolute Gasteiger partial charge is 0.220 e. The lowest BCUT2D eigenvalue weighted by Gasteiger charge is -2.28. The number of nitrogens with two attached hydrogens (primary N) is 1. The maximum atomic E-state index is 11.1. The molecular weight excluding hydrogens is 196 g/mol. The molecule has 3 N–H and O–H groups in total. The number of hydrogen-bond acceptors (Lipinski definition) is 6. The predicted molar refractivity (Wildman–Crippen MR) is 57.2 cm³/mol. The second-order valence-corrected chi connectivity index (χ2v) is 3.38. The summed E-state index contributed by atoms with van der Waals surface area (Å²) in [6.07, 6.45) is 1.36. The number of rotatable bonds is 1. The largest absolute Gasteiger partial charge is 0.368 e. The summed E-state index contributed by atoms with van der Waals surface area (Å²) < 4.78 is 0. The van der Waals surface area contributed by atoms with Gasteiger partial charge in [-0.2, -0.15) is 4.99 Å². The Kier molecular flexibility index (Phi) is 1.88. The second-order valence-electron chi connectivity index (χ2n) is 3.38. The molecule has 1 amide bonds. The summed E-state index contributed by atoms with van der Waals surface area (Å²) in [7, 11) is 0. The number of amidine groups is 1. The molecule has 0 bridgehead atoms. The summed E-state index contributed by atoms with van der Waals surface area (Å²) in [4.78, 5) is 27.0. The number of amides is 1. The first kappa shape index (κ1) is 9.50. The van der Waals surface area contributed by atoms with E-state index in [-0.39, 0.29) is 11.9 Å². The topological polar surface area (TPSA) is 105 Å². The second kappa shape index (κ2) is 2.97. The standard InChI is InChI=1S/C8H10N6O/c1-4(15)13-8(2)5-6(11-3-10-5)12-7(9)14-8/h3H,1-2H3,(H2,9,14)(H,13,15). The quantitative estimate of drug-likeness (QED) is 0.577. The van der Waals surface area contributed by atoms with Gasteiger partial charge in [0.1, 0.15) is 12.1 Å². The van der Waals surface area contributed by atoms with Gasteiger partial charge in [-0.25, -0.2) is 15.0 Å². The molecule has 0 fully saturated rings. The van der Waals surface area contributed by atoms with E-state index in [2.05, 4.69) is 25.3 Å². The monoisotopic (exact) mass is 206 g/mol. The van der Waals surface area contributed by atoms with Gasteiger partial charge in [-0.1, -0.05) is 0 Å². The fourth-order valence-electron chi connectivity index (χ4n) is 1.53. The molecule has 78 valence electrons. The fraction of sp³-hybridized carbons (Fsp3) is 0.375. The van der Waals surface area contributed by atoms with Crippen LogP contribution in [0.2, 0.25) is 0 Å². The molecule has 0 aromatic heterocycles. The van der Waals surface area contributed by atoms with E-state index in [4.69, 9.17) is 5.73 Å². The molecule has 2 rings (SSSR count). The first-order valence-corrected chi connectivity index (χ1v) is 4.35. The van der Waals surface area contributed by atoms with Crippen LogP contribution in [0.1, 0.15) is 13.8 Å². The van der Waals surface area contributed by atoms with Crippen LogP contribution >= 0.6 is 0 Å². The lowest BCUT2D eigenvalue weighted by atomic mass is 10.1. The van der Waals surface area contributed by atoms with Crippen LogP contribution in [-0.2, 0) is 4.79 Å². The Balaban J connectivity index is 2.42. The predicted octanol–water partition coefficient (Wildman–Crippen LogP) is -0.952. The molecule has 0 spiro atoms. The van der Waals surface area contributed by atoms with Gasteiger partial charge in [0.2, 0.25) is 11.9 Å². The van der Waals surface area contributed by atoms with Crippen LogP contribution in [0.4, 0.5) is 0 Å². The number of aliphatic imine (C=N–C) groups is 4. The molecule has 2 aliphatic heterocycles. The van der Waals surface area contributed by atoms with Crippen molar-refractivity contribution in [2.24, 2.45) is 25.7 Å². The molecule has 0 saturated heterocycles. The van der Waals surface area contributed by atoms with Crippen molar-refractivity contribution in [2.75, 3.05) is 0 Å². The molecule has 7 heteroatoms.